The van der Waals surface area contributed by atoms with Crippen molar-refractivity contribution >= 4 is 15.9 Å². The fourth-order valence-corrected chi connectivity index (χ4v) is 1.45. The van der Waals surface area contributed by atoms with E-state index in [0.717, 1.165) is 4.47 Å². The molecule has 1 unspecified atom stereocenters. The van der Waals surface area contributed by atoms with Crippen LogP contribution in [0, 0.1) is 0 Å². The van der Waals surface area contributed by atoms with Crippen LogP contribution in [0.1, 0.15) is 11.6 Å². The van der Waals surface area contributed by atoms with E-state index in [1.807, 2.05) is 6.07 Å². The predicted molar refractivity (Wildman–Crippen MR) is 54.6 cm³/mol. The highest BCUT2D eigenvalue weighted by molar-refractivity contribution is 9.10. The Morgan fingerprint density at radius 1 is 1.62 bits per heavy atom. The van der Waals surface area contributed by atoms with Gasteiger partial charge in [0.1, 0.15) is 5.75 Å². The summed E-state index contributed by atoms with van der Waals surface area (Å²) < 4.78 is 5.73. The Hall–Kier alpha value is -0.580. The van der Waals surface area contributed by atoms with Crippen LogP contribution in [0.4, 0.5) is 0 Å². The first-order valence-electron chi connectivity index (χ1n) is 3.88. The molecule has 72 valence electrons. The number of hydrogen-bond acceptors (Lipinski definition) is 3. The topological polar surface area (TPSA) is 55.5 Å². The van der Waals surface area contributed by atoms with Crippen molar-refractivity contribution in [2.75, 3.05) is 13.7 Å². The van der Waals surface area contributed by atoms with Crippen LogP contribution in [0.3, 0.4) is 0 Å². The Balaban J connectivity index is 2.88. The van der Waals surface area contributed by atoms with Gasteiger partial charge in [0.2, 0.25) is 0 Å². The van der Waals surface area contributed by atoms with E-state index in [-0.39, 0.29) is 11.8 Å². The lowest BCUT2D eigenvalue weighted by Gasteiger charge is -2.12. The van der Waals surface area contributed by atoms with Crippen LogP contribution in [0.25, 0.3) is 0 Å². The number of phenolic OH excluding ortho intramolecular Hbond substituents is 1. The van der Waals surface area contributed by atoms with E-state index in [2.05, 4.69) is 15.9 Å². The lowest BCUT2D eigenvalue weighted by atomic mass is 10.1. The quantitative estimate of drug-likeness (QED) is 0.854. The van der Waals surface area contributed by atoms with Crippen molar-refractivity contribution in [2.24, 2.45) is 5.73 Å². The number of hydrogen-bond donors (Lipinski definition) is 2. The third-order valence-corrected chi connectivity index (χ3v) is 2.23. The van der Waals surface area contributed by atoms with E-state index in [4.69, 9.17) is 10.5 Å². The molecule has 0 aliphatic carbocycles. The summed E-state index contributed by atoms with van der Waals surface area (Å²) in [5, 5.41) is 9.52. The van der Waals surface area contributed by atoms with Gasteiger partial charge in [-0.05, 0) is 12.1 Å². The van der Waals surface area contributed by atoms with Crippen molar-refractivity contribution < 1.29 is 9.84 Å². The summed E-state index contributed by atoms with van der Waals surface area (Å²) in [6.45, 7) is 0.398. The normalized spacial score (nSPS) is 12.8. The summed E-state index contributed by atoms with van der Waals surface area (Å²) in [4.78, 5) is 0. The highest BCUT2D eigenvalue weighted by Gasteiger charge is 2.10. The first-order chi connectivity index (χ1) is 6.15. The van der Waals surface area contributed by atoms with Crippen LogP contribution in [0.15, 0.2) is 22.7 Å². The van der Waals surface area contributed by atoms with Crippen molar-refractivity contribution in [3.8, 4) is 5.75 Å². The first kappa shape index (κ1) is 10.5. The monoisotopic (exact) mass is 245 g/mol. The molecule has 0 spiro atoms. The second-order valence-corrected chi connectivity index (χ2v) is 3.68. The number of nitrogens with two attached hydrogens (primary N) is 1. The van der Waals surface area contributed by atoms with Crippen LogP contribution < -0.4 is 5.73 Å². The Bertz CT molecular complexity index is 291. The molecule has 1 aromatic carbocycles. The van der Waals surface area contributed by atoms with Crippen LogP contribution in [0.2, 0.25) is 0 Å². The van der Waals surface area contributed by atoms with E-state index < -0.39 is 0 Å². The summed E-state index contributed by atoms with van der Waals surface area (Å²) in [5.74, 6) is 0.193. The molecular formula is C9H12BrNO2. The molecule has 1 atom stereocenters. The summed E-state index contributed by atoms with van der Waals surface area (Å²) in [5.41, 5.74) is 6.46. The molecule has 0 heterocycles. The second-order valence-electron chi connectivity index (χ2n) is 2.76. The van der Waals surface area contributed by atoms with E-state index >= 15 is 0 Å². The number of aromatic hydroxyl groups is 1. The van der Waals surface area contributed by atoms with Gasteiger partial charge in [0.25, 0.3) is 0 Å². The van der Waals surface area contributed by atoms with Crippen LogP contribution in [0.5, 0.6) is 5.75 Å². The Kier molecular flexibility index (Phi) is 3.71. The van der Waals surface area contributed by atoms with Gasteiger partial charge in [0.15, 0.2) is 0 Å². The summed E-state index contributed by atoms with van der Waals surface area (Å²) >= 11 is 3.25. The van der Waals surface area contributed by atoms with Crippen molar-refractivity contribution in [3.05, 3.63) is 28.2 Å². The third kappa shape index (κ3) is 2.69. The molecule has 0 amide bonds. The molecule has 1 rings (SSSR count). The van der Waals surface area contributed by atoms with Gasteiger partial charge in [0.05, 0.1) is 12.6 Å². The van der Waals surface area contributed by atoms with Gasteiger partial charge in [-0.3, -0.25) is 0 Å². The van der Waals surface area contributed by atoms with Crippen molar-refractivity contribution in [1.29, 1.82) is 0 Å². The smallest absolute Gasteiger partial charge is 0.121 e. The lowest BCUT2D eigenvalue weighted by Crippen LogP contribution is -2.16. The van der Waals surface area contributed by atoms with Gasteiger partial charge in [-0.25, -0.2) is 0 Å². The molecule has 0 saturated heterocycles. The Labute approximate surface area is 85.6 Å². The zero-order valence-electron chi connectivity index (χ0n) is 7.33. The standard InChI is InChI=1S/C9H12BrNO2/c1-13-5-8(11)7-3-2-6(10)4-9(7)12/h2-4,8,12H,5,11H2,1H3. The molecule has 1 aromatic rings. The number of benzene rings is 1. The number of rotatable bonds is 3. The van der Waals surface area contributed by atoms with Crippen LogP contribution >= 0.6 is 15.9 Å². The molecule has 0 aliphatic rings. The van der Waals surface area contributed by atoms with E-state index in [0.29, 0.717) is 12.2 Å². The van der Waals surface area contributed by atoms with Gasteiger partial charge < -0.3 is 15.6 Å². The minimum atomic E-state index is -0.280. The molecule has 0 saturated carbocycles. The molecular weight excluding hydrogens is 234 g/mol. The molecule has 0 aromatic heterocycles. The minimum absolute atomic E-state index is 0.193. The van der Waals surface area contributed by atoms with Gasteiger partial charge >= 0.3 is 0 Å². The van der Waals surface area contributed by atoms with Crippen molar-refractivity contribution in [3.63, 3.8) is 0 Å². The summed E-state index contributed by atoms with van der Waals surface area (Å²) in [7, 11) is 1.58. The Morgan fingerprint density at radius 3 is 2.85 bits per heavy atom. The zero-order chi connectivity index (χ0) is 9.84. The molecule has 4 heteroatoms. The number of phenols is 1. The highest BCUT2D eigenvalue weighted by Crippen LogP contribution is 2.26. The SMILES string of the molecule is COCC(N)c1ccc(Br)cc1O. The molecule has 0 fully saturated rings. The molecule has 0 bridgehead atoms. The highest BCUT2D eigenvalue weighted by atomic mass is 79.9. The molecule has 13 heavy (non-hydrogen) atoms. The maximum Gasteiger partial charge on any atom is 0.121 e. The fourth-order valence-electron chi connectivity index (χ4n) is 1.10. The third-order valence-electron chi connectivity index (χ3n) is 1.74. The van der Waals surface area contributed by atoms with Gasteiger partial charge in [-0.15, -0.1) is 0 Å². The average Bonchev–Trinajstić information content (AvgIpc) is 2.04. The lowest BCUT2D eigenvalue weighted by molar-refractivity contribution is 0.180. The summed E-state index contributed by atoms with van der Waals surface area (Å²) in [6.07, 6.45) is 0. The van der Waals surface area contributed by atoms with Gasteiger partial charge in [-0.2, -0.15) is 0 Å². The largest absolute Gasteiger partial charge is 0.508 e. The minimum Gasteiger partial charge on any atom is -0.508 e. The molecule has 0 aliphatic heterocycles. The molecule has 0 radical (unpaired) electrons. The van der Waals surface area contributed by atoms with Crippen LogP contribution in [-0.4, -0.2) is 18.8 Å². The maximum atomic E-state index is 9.52. The van der Waals surface area contributed by atoms with Gasteiger partial charge in [-0.1, -0.05) is 22.0 Å². The second kappa shape index (κ2) is 4.60. The van der Waals surface area contributed by atoms with E-state index in [9.17, 15) is 5.11 Å². The number of ether oxygens (including phenoxy) is 1. The predicted octanol–water partition coefficient (Wildman–Crippen LogP) is 1.80. The first-order valence-corrected chi connectivity index (χ1v) is 4.67. The zero-order valence-corrected chi connectivity index (χ0v) is 8.91. The fraction of sp³-hybridized carbons (Fsp3) is 0.333. The van der Waals surface area contributed by atoms with Gasteiger partial charge in [0, 0.05) is 17.1 Å². The molecule has 3 N–H and O–H groups in total. The average molecular weight is 246 g/mol. The number of methoxy groups -OCH3 is 1. The summed E-state index contributed by atoms with van der Waals surface area (Å²) in [6, 6.07) is 4.96. The number of halogens is 1. The molecule has 3 nitrogen and oxygen atoms in total. The van der Waals surface area contributed by atoms with Crippen LogP contribution in [-0.2, 0) is 4.74 Å². The van der Waals surface area contributed by atoms with E-state index in [1.54, 1.807) is 19.2 Å². The van der Waals surface area contributed by atoms with Crippen molar-refractivity contribution in [2.45, 2.75) is 6.04 Å². The Morgan fingerprint density at radius 2 is 2.31 bits per heavy atom. The van der Waals surface area contributed by atoms with E-state index in [1.165, 1.54) is 0 Å². The maximum absolute atomic E-state index is 9.52. The van der Waals surface area contributed by atoms with Crippen molar-refractivity contribution in [1.82, 2.24) is 0 Å².